The van der Waals surface area contributed by atoms with E-state index in [1.54, 1.807) is 6.26 Å². The molecule has 1 aromatic heterocycles. The lowest BCUT2D eigenvalue weighted by Gasteiger charge is -2.35. The zero-order valence-electron chi connectivity index (χ0n) is 11.5. The Hall–Kier alpha value is -0.800. The van der Waals surface area contributed by atoms with E-state index < -0.39 is 0 Å². The van der Waals surface area contributed by atoms with E-state index in [0.717, 1.165) is 25.4 Å². The van der Waals surface area contributed by atoms with Gasteiger partial charge in [0.25, 0.3) is 0 Å². The summed E-state index contributed by atoms with van der Waals surface area (Å²) in [5.41, 5.74) is 6.41. The highest BCUT2D eigenvalue weighted by molar-refractivity contribution is 4.98. The number of hydrogen-bond donors (Lipinski definition) is 1. The van der Waals surface area contributed by atoms with Crippen LogP contribution in [0.3, 0.4) is 0 Å². The van der Waals surface area contributed by atoms with Crippen LogP contribution in [-0.2, 0) is 6.54 Å². The molecule has 0 radical (unpaired) electrons. The predicted octanol–water partition coefficient (Wildman–Crippen LogP) is 3.01. The lowest BCUT2D eigenvalue weighted by atomic mass is 9.80. The molecule has 0 saturated heterocycles. The van der Waals surface area contributed by atoms with Crippen molar-refractivity contribution in [3.63, 3.8) is 0 Å². The van der Waals surface area contributed by atoms with Gasteiger partial charge in [-0.05, 0) is 44.0 Å². The van der Waals surface area contributed by atoms with E-state index in [2.05, 4.69) is 11.9 Å². The molecule has 1 aliphatic carbocycles. The molecule has 0 unspecified atom stereocenters. The van der Waals surface area contributed by atoms with Crippen LogP contribution in [0, 0.1) is 5.41 Å². The zero-order chi connectivity index (χ0) is 12.8. The number of rotatable bonds is 5. The second-order valence-electron chi connectivity index (χ2n) is 5.87. The third-order valence-electron chi connectivity index (χ3n) is 4.21. The molecule has 102 valence electrons. The highest BCUT2D eigenvalue weighted by Gasteiger charge is 2.30. The van der Waals surface area contributed by atoms with Gasteiger partial charge in [-0.25, -0.2) is 0 Å². The van der Waals surface area contributed by atoms with E-state index >= 15 is 0 Å². The number of hydrogen-bond acceptors (Lipinski definition) is 3. The molecule has 3 nitrogen and oxygen atoms in total. The monoisotopic (exact) mass is 250 g/mol. The fourth-order valence-electron chi connectivity index (χ4n) is 3.20. The van der Waals surface area contributed by atoms with E-state index in [9.17, 15) is 0 Å². The Bertz CT molecular complexity index is 326. The minimum atomic E-state index is 0.331. The minimum Gasteiger partial charge on any atom is -0.468 e. The van der Waals surface area contributed by atoms with Crippen molar-refractivity contribution in [2.24, 2.45) is 11.1 Å². The molecule has 0 amide bonds. The Balaban J connectivity index is 1.91. The maximum atomic E-state index is 6.08. The average molecular weight is 250 g/mol. The summed E-state index contributed by atoms with van der Waals surface area (Å²) in [4.78, 5) is 2.36. The molecule has 2 rings (SSSR count). The summed E-state index contributed by atoms with van der Waals surface area (Å²) in [7, 11) is 2.17. The molecule has 3 heteroatoms. The average Bonchev–Trinajstić information content (AvgIpc) is 2.74. The molecule has 1 aromatic rings. The molecule has 0 spiro atoms. The van der Waals surface area contributed by atoms with Crippen LogP contribution in [0.1, 0.15) is 44.3 Å². The van der Waals surface area contributed by atoms with Crippen LogP contribution < -0.4 is 5.73 Å². The van der Waals surface area contributed by atoms with Crippen LogP contribution in [0.2, 0.25) is 0 Å². The van der Waals surface area contributed by atoms with Gasteiger partial charge in [0.05, 0.1) is 12.8 Å². The lowest BCUT2D eigenvalue weighted by molar-refractivity contribution is 0.146. The molecular weight excluding hydrogens is 224 g/mol. The lowest BCUT2D eigenvalue weighted by Crippen LogP contribution is -2.40. The van der Waals surface area contributed by atoms with Gasteiger partial charge in [-0.1, -0.05) is 25.7 Å². The molecule has 0 aromatic carbocycles. The third-order valence-corrected chi connectivity index (χ3v) is 4.21. The van der Waals surface area contributed by atoms with Crippen LogP contribution in [0.5, 0.6) is 0 Å². The van der Waals surface area contributed by atoms with Crippen molar-refractivity contribution in [3.05, 3.63) is 24.2 Å². The maximum Gasteiger partial charge on any atom is 0.117 e. The fraction of sp³-hybridized carbons (Fsp3) is 0.733. The first-order valence-corrected chi connectivity index (χ1v) is 7.15. The molecule has 0 bridgehead atoms. The quantitative estimate of drug-likeness (QED) is 0.817. The first kappa shape index (κ1) is 13.6. The SMILES string of the molecule is CN(Cc1ccco1)CC1(CN)CCCCCC1. The van der Waals surface area contributed by atoms with Gasteiger partial charge in [-0.3, -0.25) is 4.90 Å². The van der Waals surface area contributed by atoms with Crippen LogP contribution >= 0.6 is 0 Å². The normalized spacial score (nSPS) is 19.9. The van der Waals surface area contributed by atoms with Gasteiger partial charge in [0.2, 0.25) is 0 Å². The molecule has 1 fully saturated rings. The predicted molar refractivity (Wildman–Crippen MR) is 74.2 cm³/mol. The zero-order valence-corrected chi connectivity index (χ0v) is 11.5. The van der Waals surface area contributed by atoms with Gasteiger partial charge in [0, 0.05) is 6.54 Å². The summed E-state index contributed by atoms with van der Waals surface area (Å²) in [5, 5.41) is 0. The highest BCUT2D eigenvalue weighted by Crippen LogP contribution is 2.34. The molecule has 2 N–H and O–H groups in total. The van der Waals surface area contributed by atoms with Crippen molar-refractivity contribution >= 4 is 0 Å². The van der Waals surface area contributed by atoms with E-state index in [1.165, 1.54) is 38.5 Å². The van der Waals surface area contributed by atoms with Crippen molar-refractivity contribution in [1.82, 2.24) is 4.90 Å². The summed E-state index contributed by atoms with van der Waals surface area (Å²) >= 11 is 0. The molecule has 1 aliphatic rings. The van der Waals surface area contributed by atoms with E-state index in [0.29, 0.717) is 5.41 Å². The van der Waals surface area contributed by atoms with Gasteiger partial charge in [0.1, 0.15) is 5.76 Å². The summed E-state index contributed by atoms with van der Waals surface area (Å²) in [6, 6.07) is 3.99. The summed E-state index contributed by atoms with van der Waals surface area (Å²) < 4.78 is 5.41. The topological polar surface area (TPSA) is 42.4 Å². The van der Waals surface area contributed by atoms with Crippen molar-refractivity contribution < 1.29 is 4.42 Å². The van der Waals surface area contributed by atoms with Gasteiger partial charge < -0.3 is 10.2 Å². The molecular formula is C15H26N2O. The Morgan fingerprint density at radius 3 is 2.56 bits per heavy atom. The van der Waals surface area contributed by atoms with Crippen LogP contribution in [0.4, 0.5) is 0 Å². The van der Waals surface area contributed by atoms with Crippen molar-refractivity contribution in [3.8, 4) is 0 Å². The molecule has 0 aliphatic heterocycles. The van der Waals surface area contributed by atoms with Gasteiger partial charge in [0.15, 0.2) is 0 Å². The van der Waals surface area contributed by atoms with E-state index in [-0.39, 0.29) is 0 Å². The maximum absolute atomic E-state index is 6.08. The summed E-state index contributed by atoms with van der Waals surface area (Å²) in [6.45, 7) is 2.79. The third kappa shape index (κ3) is 3.59. The van der Waals surface area contributed by atoms with Crippen LogP contribution in [-0.4, -0.2) is 25.0 Å². The molecule has 18 heavy (non-hydrogen) atoms. The largest absolute Gasteiger partial charge is 0.468 e. The summed E-state index contributed by atoms with van der Waals surface area (Å²) in [5.74, 6) is 1.04. The summed E-state index contributed by atoms with van der Waals surface area (Å²) in [6.07, 6.45) is 9.75. The van der Waals surface area contributed by atoms with E-state index in [4.69, 9.17) is 10.2 Å². The Morgan fingerprint density at radius 1 is 1.28 bits per heavy atom. The number of nitrogens with two attached hydrogens (primary N) is 1. The number of furan rings is 1. The first-order chi connectivity index (χ1) is 8.74. The van der Waals surface area contributed by atoms with Gasteiger partial charge in [-0.2, -0.15) is 0 Å². The van der Waals surface area contributed by atoms with Crippen molar-refractivity contribution in [1.29, 1.82) is 0 Å². The van der Waals surface area contributed by atoms with Crippen LogP contribution in [0.15, 0.2) is 22.8 Å². The van der Waals surface area contributed by atoms with Gasteiger partial charge in [-0.15, -0.1) is 0 Å². The Labute approximate surface area is 110 Å². The van der Waals surface area contributed by atoms with Gasteiger partial charge >= 0.3 is 0 Å². The fourth-order valence-corrected chi connectivity index (χ4v) is 3.20. The first-order valence-electron chi connectivity index (χ1n) is 7.15. The second-order valence-corrected chi connectivity index (χ2v) is 5.87. The smallest absolute Gasteiger partial charge is 0.117 e. The highest BCUT2D eigenvalue weighted by atomic mass is 16.3. The van der Waals surface area contributed by atoms with Crippen molar-refractivity contribution in [2.45, 2.75) is 45.1 Å². The van der Waals surface area contributed by atoms with Crippen molar-refractivity contribution in [2.75, 3.05) is 20.1 Å². The minimum absolute atomic E-state index is 0.331. The van der Waals surface area contributed by atoms with E-state index in [1.807, 2.05) is 12.1 Å². The molecule has 0 atom stereocenters. The molecule has 1 saturated carbocycles. The molecule has 1 heterocycles. The van der Waals surface area contributed by atoms with Crippen LogP contribution in [0.25, 0.3) is 0 Å². The number of nitrogens with zero attached hydrogens (tertiary/aromatic N) is 1. The Kier molecular flexibility index (Phi) is 4.84. The Morgan fingerprint density at radius 2 is 2.00 bits per heavy atom. The second kappa shape index (κ2) is 6.39. The standard InChI is InChI=1S/C15H26N2O/c1-17(11-14-7-6-10-18-14)13-15(12-16)8-4-2-3-5-9-15/h6-7,10H,2-5,8-9,11-13,16H2,1H3.